The summed E-state index contributed by atoms with van der Waals surface area (Å²) in [5.74, 6) is 0.787. The zero-order valence-corrected chi connectivity index (χ0v) is 16.1. The minimum absolute atomic E-state index is 0.0224. The number of aromatic nitrogens is 2. The van der Waals surface area contributed by atoms with Crippen molar-refractivity contribution in [3.8, 4) is 0 Å². The van der Waals surface area contributed by atoms with Crippen molar-refractivity contribution < 1.29 is 9.32 Å². The van der Waals surface area contributed by atoms with E-state index < -0.39 is 0 Å². The van der Waals surface area contributed by atoms with Crippen LogP contribution in [-0.2, 0) is 11.2 Å². The number of nitrogens with one attached hydrogen (secondary N) is 2. The average Bonchev–Trinajstić information content (AvgIpc) is 3.40. The molecule has 4 rings (SSSR count). The second-order valence-electron chi connectivity index (χ2n) is 6.64. The third kappa shape index (κ3) is 3.53. The molecule has 5 nitrogen and oxygen atoms in total. The molecular weight excluding hydrogens is 358 g/mol. The number of rotatable bonds is 6. The van der Waals surface area contributed by atoms with E-state index in [4.69, 9.17) is 4.52 Å². The first-order valence-corrected chi connectivity index (χ1v) is 9.79. The molecule has 3 heterocycles. The van der Waals surface area contributed by atoms with Crippen LogP contribution in [0.4, 0.5) is 0 Å². The van der Waals surface area contributed by atoms with Gasteiger partial charge in [-0.3, -0.25) is 4.79 Å². The number of carbonyl (C=O) groups is 1. The van der Waals surface area contributed by atoms with Crippen LogP contribution < -0.4 is 5.32 Å². The Morgan fingerprint density at radius 1 is 1.26 bits per heavy atom. The van der Waals surface area contributed by atoms with Crippen molar-refractivity contribution in [2.24, 2.45) is 0 Å². The zero-order chi connectivity index (χ0) is 18.8. The summed E-state index contributed by atoms with van der Waals surface area (Å²) in [6, 6.07) is 12.4. The molecule has 0 bridgehead atoms. The van der Waals surface area contributed by atoms with Gasteiger partial charge in [-0.2, -0.15) is 0 Å². The van der Waals surface area contributed by atoms with Crippen LogP contribution in [-0.4, -0.2) is 22.6 Å². The van der Waals surface area contributed by atoms with E-state index in [-0.39, 0.29) is 18.2 Å². The van der Waals surface area contributed by atoms with E-state index in [1.54, 1.807) is 11.3 Å². The fourth-order valence-electron chi connectivity index (χ4n) is 3.43. The maximum absolute atomic E-state index is 12.5. The summed E-state index contributed by atoms with van der Waals surface area (Å²) in [6.07, 6.45) is 2.34. The van der Waals surface area contributed by atoms with Gasteiger partial charge < -0.3 is 14.8 Å². The van der Waals surface area contributed by atoms with Gasteiger partial charge in [0.15, 0.2) is 0 Å². The van der Waals surface area contributed by atoms with Crippen molar-refractivity contribution in [3.63, 3.8) is 0 Å². The number of aromatic amines is 1. The Balaban J connectivity index is 1.55. The number of nitrogens with zero attached hydrogens (tertiary/aromatic N) is 1. The van der Waals surface area contributed by atoms with Gasteiger partial charge in [0.2, 0.25) is 5.91 Å². The number of fused-ring (bicyclic) bond motifs is 1. The van der Waals surface area contributed by atoms with Gasteiger partial charge >= 0.3 is 0 Å². The third-order valence-electron chi connectivity index (χ3n) is 4.91. The van der Waals surface area contributed by atoms with Crippen LogP contribution >= 0.6 is 11.3 Å². The van der Waals surface area contributed by atoms with Crippen molar-refractivity contribution in [2.45, 2.75) is 26.2 Å². The van der Waals surface area contributed by atoms with Crippen molar-refractivity contribution >= 4 is 28.1 Å². The SMILES string of the molecule is Cc1noc(C)c1CC(=O)NCC(c1cccs1)c1c[nH]c2ccccc12. The summed E-state index contributed by atoms with van der Waals surface area (Å²) >= 11 is 1.71. The smallest absolute Gasteiger partial charge is 0.224 e. The van der Waals surface area contributed by atoms with E-state index >= 15 is 0 Å². The molecule has 6 heteroatoms. The van der Waals surface area contributed by atoms with Crippen LogP contribution in [0.25, 0.3) is 10.9 Å². The molecule has 138 valence electrons. The van der Waals surface area contributed by atoms with Gasteiger partial charge in [-0.05, 0) is 36.9 Å². The van der Waals surface area contributed by atoms with Gasteiger partial charge in [0.25, 0.3) is 0 Å². The Morgan fingerprint density at radius 2 is 2.11 bits per heavy atom. The number of benzene rings is 1. The molecule has 0 fully saturated rings. The maximum atomic E-state index is 12.5. The molecule has 4 aromatic rings. The monoisotopic (exact) mass is 379 g/mol. The molecule has 0 saturated heterocycles. The van der Waals surface area contributed by atoms with Crippen molar-refractivity contribution in [2.75, 3.05) is 6.54 Å². The quantitative estimate of drug-likeness (QED) is 0.524. The lowest BCUT2D eigenvalue weighted by Crippen LogP contribution is -2.30. The fraction of sp³-hybridized carbons (Fsp3) is 0.238. The molecule has 0 aliphatic heterocycles. The van der Waals surface area contributed by atoms with Gasteiger partial charge in [-0.15, -0.1) is 11.3 Å². The van der Waals surface area contributed by atoms with Crippen molar-refractivity contribution in [1.29, 1.82) is 0 Å². The summed E-state index contributed by atoms with van der Waals surface area (Å²) in [6.45, 7) is 4.24. The number of hydrogen-bond acceptors (Lipinski definition) is 4. The molecule has 0 saturated carbocycles. The fourth-order valence-corrected chi connectivity index (χ4v) is 4.27. The molecule has 27 heavy (non-hydrogen) atoms. The first-order chi connectivity index (χ1) is 13.1. The summed E-state index contributed by atoms with van der Waals surface area (Å²) < 4.78 is 5.16. The Morgan fingerprint density at radius 3 is 2.85 bits per heavy atom. The molecule has 0 aliphatic carbocycles. The second kappa shape index (κ2) is 7.40. The topological polar surface area (TPSA) is 70.9 Å². The molecule has 1 aromatic carbocycles. The van der Waals surface area contributed by atoms with Crippen LogP contribution in [0.5, 0.6) is 0 Å². The highest BCUT2D eigenvalue weighted by Crippen LogP contribution is 2.32. The van der Waals surface area contributed by atoms with E-state index in [9.17, 15) is 4.79 Å². The Labute approximate surface area is 161 Å². The molecule has 0 aliphatic rings. The van der Waals surface area contributed by atoms with E-state index in [2.05, 4.69) is 45.2 Å². The molecule has 2 N–H and O–H groups in total. The lowest BCUT2D eigenvalue weighted by molar-refractivity contribution is -0.120. The molecule has 0 spiro atoms. The summed E-state index contributed by atoms with van der Waals surface area (Å²) in [5.41, 5.74) is 3.95. The number of aryl methyl sites for hydroxylation is 2. The van der Waals surface area contributed by atoms with Gasteiger partial charge in [-0.1, -0.05) is 29.4 Å². The normalized spacial score (nSPS) is 12.4. The Bertz CT molecular complexity index is 1040. The van der Waals surface area contributed by atoms with Crippen LogP contribution in [0.2, 0.25) is 0 Å². The standard InChI is InChI=1S/C21H21N3O2S/c1-13-16(14(2)26-24-13)10-21(25)23-12-18(20-8-5-9-27-20)17-11-22-19-7-4-3-6-15(17)19/h3-9,11,18,22H,10,12H2,1-2H3,(H,23,25). The van der Waals surface area contributed by atoms with Crippen LogP contribution in [0, 0.1) is 13.8 Å². The molecule has 3 aromatic heterocycles. The lowest BCUT2D eigenvalue weighted by atomic mass is 9.96. The zero-order valence-electron chi connectivity index (χ0n) is 15.3. The van der Waals surface area contributed by atoms with Gasteiger partial charge in [-0.25, -0.2) is 0 Å². The number of thiophene rings is 1. The van der Waals surface area contributed by atoms with Crippen molar-refractivity contribution in [1.82, 2.24) is 15.5 Å². The van der Waals surface area contributed by atoms with Crippen LogP contribution in [0.15, 0.2) is 52.5 Å². The predicted molar refractivity (Wildman–Crippen MR) is 107 cm³/mol. The number of amides is 1. The van der Waals surface area contributed by atoms with E-state index in [0.29, 0.717) is 12.3 Å². The molecule has 0 radical (unpaired) electrons. The molecule has 1 unspecified atom stereocenters. The number of H-pyrrole nitrogens is 1. The highest BCUT2D eigenvalue weighted by Gasteiger charge is 2.21. The lowest BCUT2D eigenvalue weighted by Gasteiger charge is -2.16. The minimum atomic E-state index is -0.0224. The van der Waals surface area contributed by atoms with E-state index in [0.717, 1.165) is 16.8 Å². The summed E-state index contributed by atoms with van der Waals surface area (Å²) in [7, 11) is 0. The first kappa shape index (κ1) is 17.5. The average molecular weight is 379 g/mol. The minimum Gasteiger partial charge on any atom is -0.361 e. The van der Waals surface area contributed by atoms with Gasteiger partial charge in [0.1, 0.15) is 5.76 Å². The van der Waals surface area contributed by atoms with E-state index in [1.165, 1.54) is 15.8 Å². The third-order valence-corrected chi connectivity index (χ3v) is 5.89. The second-order valence-corrected chi connectivity index (χ2v) is 7.62. The van der Waals surface area contributed by atoms with Gasteiger partial charge in [0, 0.05) is 40.0 Å². The summed E-state index contributed by atoms with van der Waals surface area (Å²) in [5, 5.41) is 10.3. The molecule has 1 atom stereocenters. The van der Waals surface area contributed by atoms with E-state index in [1.807, 2.05) is 32.0 Å². The van der Waals surface area contributed by atoms with Gasteiger partial charge in [0.05, 0.1) is 12.1 Å². The van der Waals surface area contributed by atoms with Crippen molar-refractivity contribution in [3.05, 3.63) is 75.4 Å². The number of hydrogen-bond donors (Lipinski definition) is 2. The first-order valence-electron chi connectivity index (χ1n) is 8.91. The summed E-state index contributed by atoms with van der Waals surface area (Å²) in [4.78, 5) is 17.1. The predicted octanol–water partition coefficient (Wildman–Crippen LogP) is 4.33. The molecular formula is C21H21N3O2S. The number of para-hydroxylation sites is 1. The molecule has 1 amide bonds. The van der Waals surface area contributed by atoms with Crippen LogP contribution in [0.1, 0.15) is 33.4 Å². The van der Waals surface area contributed by atoms with Crippen LogP contribution in [0.3, 0.4) is 0 Å². The Kier molecular flexibility index (Phi) is 4.81. The Hall–Kier alpha value is -2.86. The highest BCUT2D eigenvalue weighted by molar-refractivity contribution is 7.10. The largest absolute Gasteiger partial charge is 0.361 e. The number of carbonyl (C=O) groups excluding carboxylic acids is 1. The highest BCUT2D eigenvalue weighted by atomic mass is 32.1. The maximum Gasteiger partial charge on any atom is 0.224 e.